The molecule has 0 radical (unpaired) electrons. The maximum atomic E-state index is 12.9. The van der Waals surface area contributed by atoms with Gasteiger partial charge in [-0.3, -0.25) is 14.5 Å². The molecule has 0 bridgehead atoms. The topological polar surface area (TPSA) is 37.4 Å². The van der Waals surface area contributed by atoms with Crippen molar-refractivity contribution < 1.29 is 9.59 Å². The highest BCUT2D eigenvalue weighted by atomic mass is 79.9. The smallest absolute Gasteiger partial charge is 0.261 e. The van der Waals surface area contributed by atoms with E-state index >= 15 is 0 Å². The molecule has 0 aliphatic carbocycles. The summed E-state index contributed by atoms with van der Waals surface area (Å²) in [6.45, 7) is 2.74. The molecule has 2 amide bonds. The number of carbonyl (C=O) groups excluding carboxylic acids is 2. The van der Waals surface area contributed by atoms with Gasteiger partial charge in [0.25, 0.3) is 11.8 Å². The third kappa shape index (κ3) is 3.85. The Kier molecular flexibility index (Phi) is 6.47. The zero-order valence-corrected chi connectivity index (χ0v) is 17.0. The van der Waals surface area contributed by atoms with Crippen LogP contribution in [0.2, 0.25) is 0 Å². The number of carbonyl (C=O) groups is 2. The van der Waals surface area contributed by atoms with Gasteiger partial charge < -0.3 is 0 Å². The lowest BCUT2D eigenvalue weighted by Crippen LogP contribution is -2.40. The number of imide groups is 1. The fourth-order valence-electron chi connectivity index (χ4n) is 3.72. The Bertz CT molecular complexity index is 793. The number of unbranched alkanes of at least 4 members (excludes halogenated alkanes) is 7. The van der Waals surface area contributed by atoms with E-state index in [0.29, 0.717) is 17.7 Å². The first-order valence-corrected chi connectivity index (χ1v) is 10.5. The summed E-state index contributed by atoms with van der Waals surface area (Å²) in [6, 6.07) is 9.37. The van der Waals surface area contributed by atoms with Crippen molar-refractivity contribution in [2.75, 3.05) is 6.54 Å². The normalized spacial score (nSPS) is 13.7. The first-order chi connectivity index (χ1) is 12.6. The van der Waals surface area contributed by atoms with Gasteiger partial charge in [-0.25, -0.2) is 0 Å². The van der Waals surface area contributed by atoms with E-state index in [9.17, 15) is 9.59 Å². The van der Waals surface area contributed by atoms with Crippen LogP contribution < -0.4 is 0 Å². The Balaban J connectivity index is 1.64. The average Bonchev–Trinajstić information content (AvgIpc) is 2.65. The van der Waals surface area contributed by atoms with Gasteiger partial charge in [-0.15, -0.1) is 0 Å². The van der Waals surface area contributed by atoms with Gasteiger partial charge in [0, 0.05) is 27.5 Å². The summed E-state index contributed by atoms with van der Waals surface area (Å²) >= 11 is 3.52. The second-order valence-corrected chi connectivity index (χ2v) is 7.91. The van der Waals surface area contributed by atoms with Gasteiger partial charge in [0.05, 0.1) is 0 Å². The van der Waals surface area contributed by atoms with Crippen molar-refractivity contribution in [3.63, 3.8) is 0 Å². The molecule has 0 unspecified atom stereocenters. The first-order valence-electron chi connectivity index (χ1n) is 9.72. The third-order valence-corrected chi connectivity index (χ3v) is 5.87. The van der Waals surface area contributed by atoms with Crippen molar-refractivity contribution in [2.45, 2.75) is 58.3 Å². The number of hydrogen-bond acceptors (Lipinski definition) is 2. The minimum absolute atomic E-state index is 0.158. The summed E-state index contributed by atoms with van der Waals surface area (Å²) in [6.07, 6.45) is 9.57. The van der Waals surface area contributed by atoms with E-state index in [0.717, 1.165) is 28.1 Å². The van der Waals surface area contributed by atoms with Gasteiger partial charge >= 0.3 is 0 Å². The number of nitrogens with zero attached hydrogens (tertiary/aromatic N) is 1. The number of amides is 2. The van der Waals surface area contributed by atoms with E-state index in [4.69, 9.17) is 0 Å². The van der Waals surface area contributed by atoms with Gasteiger partial charge in [0.2, 0.25) is 0 Å². The minimum atomic E-state index is -0.158. The lowest BCUT2D eigenvalue weighted by molar-refractivity contribution is 0.0607. The molecule has 3 rings (SSSR count). The van der Waals surface area contributed by atoms with Crippen LogP contribution in [0.15, 0.2) is 34.8 Å². The van der Waals surface area contributed by atoms with Crippen molar-refractivity contribution >= 4 is 38.5 Å². The minimum Gasteiger partial charge on any atom is -0.274 e. The zero-order chi connectivity index (χ0) is 18.5. The predicted octanol–water partition coefficient (Wildman–Crippen LogP) is 6.34. The largest absolute Gasteiger partial charge is 0.274 e. The van der Waals surface area contributed by atoms with Gasteiger partial charge in [-0.2, -0.15) is 0 Å². The molecule has 0 aromatic heterocycles. The molecular weight excluding hydrogens is 390 g/mol. The second kappa shape index (κ2) is 8.81. The molecule has 26 heavy (non-hydrogen) atoms. The summed E-state index contributed by atoms with van der Waals surface area (Å²) in [5, 5.41) is 1.71. The Hall–Kier alpha value is -1.68. The molecule has 0 saturated carbocycles. The van der Waals surface area contributed by atoms with Gasteiger partial charge in [0.1, 0.15) is 0 Å². The van der Waals surface area contributed by atoms with Crippen LogP contribution in [-0.2, 0) is 0 Å². The summed E-state index contributed by atoms with van der Waals surface area (Å²) in [4.78, 5) is 27.1. The van der Waals surface area contributed by atoms with Crippen molar-refractivity contribution in [3.8, 4) is 0 Å². The number of halogens is 1. The highest BCUT2D eigenvalue weighted by Crippen LogP contribution is 2.34. The molecule has 0 spiro atoms. The molecular formula is C22H26BrNO2. The van der Waals surface area contributed by atoms with Crippen LogP contribution in [-0.4, -0.2) is 23.3 Å². The molecule has 0 N–H and O–H groups in total. The molecule has 4 heteroatoms. The van der Waals surface area contributed by atoms with E-state index < -0.39 is 0 Å². The Labute approximate surface area is 163 Å². The third-order valence-electron chi connectivity index (χ3n) is 5.17. The Morgan fingerprint density at radius 3 is 2.12 bits per heavy atom. The molecule has 0 saturated heterocycles. The molecule has 2 aromatic carbocycles. The molecule has 1 heterocycles. The molecule has 3 nitrogen and oxygen atoms in total. The highest BCUT2D eigenvalue weighted by Gasteiger charge is 2.32. The van der Waals surface area contributed by atoms with E-state index in [1.807, 2.05) is 30.3 Å². The number of hydrogen-bond donors (Lipinski definition) is 0. The first kappa shape index (κ1) is 19.1. The van der Waals surface area contributed by atoms with Crippen molar-refractivity contribution in [3.05, 3.63) is 45.9 Å². The summed E-state index contributed by atoms with van der Waals surface area (Å²) in [5.74, 6) is -0.316. The fourth-order valence-corrected chi connectivity index (χ4v) is 4.18. The molecule has 1 aliphatic rings. The molecule has 0 atom stereocenters. The van der Waals surface area contributed by atoms with Crippen LogP contribution >= 0.6 is 15.9 Å². The summed E-state index contributed by atoms with van der Waals surface area (Å²) < 4.78 is 0.912. The van der Waals surface area contributed by atoms with E-state index in [2.05, 4.69) is 22.9 Å². The Morgan fingerprint density at radius 1 is 0.808 bits per heavy atom. The lowest BCUT2D eigenvalue weighted by Gasteiger charge is -2.27. The summed E-state index contributed by atoms with van der Waals surface area (Å²) in [7, 11) is 0. The van der Waals surface area contributed by atoms with E-state index in [-0.39, 0.29) is 11.8 Å². The van der Waals surface area contributed by atoms with Gasteiger partial charge in [-0.05, 0) is 30.0 Å². The average molecular weight is 416 g/mol. The van der Waals surface area contributed by atoms with Gasteiger partial charge in [0.15, 0.2) is 0 Å². The monoisotopic (exact) mass is 415 g/mol. The predicted molar refractivity (Wildman–Crippen MR) is 110 cm³/mol. The maximum Gasteiger partial charge on any atom is 0.261 e. The van der Waals surface area contributed by atoms with Crippen LogP contribution in [0.5, 0.6) is 0 Å². The number of benzene rings is 2. The SMILES string of the molecule is CCCCCCCCCCN1C(=O)c2cccc3c(Br)ccc(c23)C1=O. The van der Waals surface area contributed by atoms with Crippen LogP contribution in [0.4, 0.5) is 0 Å². The maximum absolute atomic E-state index is 12.9. The second-order valence-electron chi connectivity index (χ2n) is 7.06. The van der Waals surface area contributed by atoms with E-state index in [1.54, 1.807) is 0 Å². The van der Waals surface area contributed by atoms with E-state index in [1.165, 1.54) is 43.4 Å². The van der Waals surface area contributed by atoms with Gasteiger partial charge in [-0.1, -0.05) is 79.9 Å². The van der Waals surface area contributed by atoms with Crippen LogP contribution in [0.1, 0.15) is 79.0 Å². The highest BCUT2D eigenvalue weighted by molar-refractivity contribution is 9.10. The zero-order valence-electron chi connectivity index (χ0n) is 15.4. The Morgan fingerprint density at radius 2 is 1.42 bits per heavy atom. The lowest BCUT2D eigenvalue weighted by atomic mass is 9.94. The summed E-state index contributed by atoms with van der Waals surface area (Å²) in [5.41, 5.74) is 1.27. The van der Waals surface area contributed by atoms with Crippen LogP contribution in [0, 0.1) is 0 Å². The van der Waals surface area contributed by atoms with Crippen molar-refractivity contribution in [1.82, 2.24) is 4.90 Å². The molecule has 1 aliphatic heterocycles. The van der Waals surface area contributed by atoms with Crippen LogP contribution in [0.25, 0.3) is 10.8 Å². The van der Waals surface area contributed by atoms with Crippen molar-refractivity contribution in [1.29, 1.82) is 0 Å². The molecule has 2 aromatic rings. The number of rotatable bonds is 9. The molecule has 0 fully saturated rings. The fraction of sp³-hybridized carbons (Fsp3) is 0.455. The quantitative estimate of drug-likeness (QED) is 0.353. The van der Waals surface area contributed by atoms with Crippen LogP contribution in [0.3, 0.4) is 0 Å². The van der Waals surface area contributed by atoms with Crippen molar-refractivity contribution in [2.24, 2.45) is 0 Å². The standard InChI is InChI=1S/C22H26BrNO2/c1-2-3-4-5-6-7-8-9-15-24-21(25)17-12-10-11-16-19(23)14-13-18(20(16)17)22(24)26/h10-14H,2-9,15H2,1H3. The molecule has 138 valence electrons.